The second-order valence-electron chi connectivity index (χ2n) is 3.76. The average molecular weight is 192 g/mol. The van der Waals surface area contributed by atoms with E-state index < -0.39 is 0 Å². The lowest BCUT2D eigenvalue weighted by atomic mass is 10.4. The number of hydrogen-bond donors (Lipinski definition) is 2. The van der Waals surface area contributed by atoms with Crippen LogP contribution in [0.1, 0.15) is 18.7 Å². The van der Waals surface area contributed by atoms with E-state index in [0.29, 0.717) is 0 Å². The Morgan fingerprint density at radius 2 is 2.07 bits per heavy atom. The van der Waals surface area contributed by atoms with Gasteiger partial charge in [-0.3, -0.25) is 0 Å². The highest BCUT2D eigenvalue weighted by molar-refractivity contribution is 5.47. The molecule has 0 aliphatic heterocycles. The summed E-state index contributed by atoms with van der Waals surface area (Å²) < 4.78 is 0. The lowest BCUT2D eigenvalue weighted by Crippen LogP contribution is -2.07. The molecule has 1 heterocycles. The van der Waals surface area contributed by atoms with Crippen LogP contribution in [0.5, 0.6) is 0 Å². The first-order valence-electron chi connectivity index (χ1n) is 5.05. The average Bonchev–Trinajstić information content (AvgIpc) is 2.97. The molecule has 2 rings (SSSR count). The lowest BCUT2D eigenvalue weighted by Gasteiger charge is -2.07. The van der Waals surface area contributed by atoms with Crippen molar-refractivity contribution in [3.05, 3.63) is 11.9 Å². The Kier molecular flexibility index (Phi) is 2.52. The van der Waals surface area contributed by atoms with E-state index in [-0.39, 0.29) is 0 Å². The first-order valence-corrected chi connectivity index (χ1v) is 5.05. The summed E-state index contributed by atoms with van der Waals surface area (Å²) >= 11 is 0. The third kappa shape index (κ3) is 2.34. The molecule has 1 fully saturated rings. The Morgan fingerprint density at radius 1 is 1.36 bits per heavy atom. The third-order valence-corrected chi connectivity index (χ3v) is 2.36. The number of aryl methyl sites for hydroxylation is 1. The Morgan fingerprint density at radius 3 is 2.71 bits per heavy atom. The van der Waals surface area contributed by atoms with Crippen molar-refractivity contribution in [1.29, 1.82) is 0 Å². The second kappa shape index (κ2) is 3.82. The molecular formula is C10H16N4. The topological polar surface area (TPSA) is 49.8 Å². The van der Waals surface area contributed by atoms with E-state index >= 15 is 0 Å². The fraction of sp³-hybridized carbons (Fsp3) is 0.600. The van der Waals surface area contributed by atoms with Crippen LogP contribution in [0, 0.1) is 12.8 Å². The van der Waals surface area contributed by atoms with Crippen molar-refractivity contribution in [2.45, 2.75) is 19.8 Å². The molecule has 0 unspecified atom stereocenters. The van der Waals surface area contributed by atoms with Crippen LogP contribution in [-0.4, -0.2) is 23.6 Å². The van der Waals surface area contributed by atoms with Crippen LogP contribution in [0.4, 0.5) is 11.6 Å². The van der Waals surface area contributed by atoms with Crippen molar-refractivity contribution < 1.29 is 0 Å². The number of hydrogen-bond acceptors (Lipinski definition) is 4. The lowest BCUT2D eigenvalue weighted by molar-refractivity contribution is 0.878. The first-order chi connectivity index (χ1) is 6.78. The van der Waals surface area contributed by atoms with Crippen molar-refractivity contribution in [2.24, 2.45) is 5.92 Å². The predicted octanol–water partition coefficient (Wildman–Crippen LogP) is 1.65. The molecule has 1 saturated carbocycles. The number of rotatable bonds is 4. The van der Waals surface area contributed by atoms with Gasteiger partial charge >= 0.3 is 0 Å². The van der Waals surface area contributed by atoms with Gasteiger partial charge in [-0.2, -0.15) is 0 Å². The van der Waals surface area contributed by atoms with E-state index in [1.165, 1.54) is 12.8 Å². The van der Waals surface area contributed by atoms with Gasteiger partial charge in [0, 0.05) is 19.7 Å². The summed E-state index contributed by atoms with van der Waals surface area (Å²) in [4.78, 5) is 8.55. The Bertz CT molecular complexity index is 320. The minimum Gasteiger partial charge on any atom is -0.373 e. The van der Waals surface area contributed by atoms with Crippen LogP contribution in [0.2, 0.25) is 0 Å². The molecule has 1 aliphatic rings. The van der Waals surface area contributed by atoms with Crippen LogP contribution < -0.4 is 10.6 Å². The summed E-state index contributed by atoms with van der Waals surface area (Å²) in [6.45, 7) is 2.95. The summed E-state index contributed by atoms with van der Waals surface area (Å²) in [5.74, 6) is 3.46. The summed E-state index contributed by atoms with van der Waals surface area (Å²) in [6.07, 6.45) is 2.71. The zero-order chi connectivity index (χ0) is 9.97. The normalized spacial score (nSPS) is 15.3. The summed E-state index contributed by atoms with van der Waals surface area (Å²) in [5.41, 5.74) is 0. The van der Waals surface area contributed by atoms with Crippen LogP contribution >= 0.6 is 0 Å². The Hall–Kier alpha value is -1.32. The standard InChI is InChI=1S/C10H16N4/c1-7-13-9(11-2)5-10(14-7)12-6-8-3-4-8/h5,8H,3-4,6H2,1-2H3,(H2,11,12,13,14). The van der Waals surface area contributed by atoms with Crippen LogP contribution in [-0.2, 0) is 0 Å². The van der Waals surface area contributed by atoms with E-state index in [2.05, 4.69) is 20.6 Å². The quantitative estimate of drug-likeness (QED) is 0.761. The number of aromatic nitrogens is 2. The Balaban J connectivity index is 2.03. The molecular weight excluding hydrogens is 176 g/mol. The smallest absolute Gasteiger partial charge is 0.131 e. The molecule has 0 bridgehead atoms. The monoisotopic (exact) mass is 192 g/mol. The van der Waals surface area contributed by atoms with Crippen molar-refractivity contribution in [3.8, 4) is 0 Å². The van der Waals surface area contributed by atoms with E-state index in [1.807, 2.05) is 20.0 Å². The minimum absolute atomic E-state index is 0.801. The molecule has 1 aromatic rings. The summed E-state index contributed by atoms with van der Waals surface area (Å²) in [5, 5.41) is 6.35. The van der Waals surface area contributed by atoms with Crippen molar-refractivity contribution in [1.82, 2.24) is 9.97 Å². The molecule has 0 atom stereocenters. The highest BCUT2D eigenvalue weighted by Crippen LogP contribution is 2.28. The summed E-state index contributed by atoms with van der Waals surface area (Å²) in [7, 11) is 1.87. The van der Waals surface area contributed by atoms with Crippen molar-refractivity contribution in [3.63, 3.8) is 0 Å². The van der Waals surface area contributed by atoms with Crippen molar-refractivity contribution in [2.75, 3.05) is 24.2 Å². The van der Waals surface area contributed by atoms with Gasteiger partial charge in [0.1, 0.15) is 17.5 Å². The van der Waals surface area contributed by atoms with Gasteiger partial charge in [0.15, 0.2) is 0 Å². The van der Waals surface area contributed by atoms with Gasteiger partial charge in [0.25, 0.3) is 0 Å². The molecule has 0 spiro atoms. The number of nitrogens with one attached hydrogen (secondary N) is 2. The number of anilines is 2. The van der Waals surface area contributed by atoms with E-state index in [1.54, 1.807) is 0 Å². The van der Waals surface area contributed by atoms with Crippen molar-refractivity contribution >= 4 is 11.6 Å². The van der Waals surface area contributed by atoms with Gasteiger partial charge < -0.3 is 10.6 Å². The van der Waals surface area contributed by atoms with Gasteiger partial charge in [-0.1, -0.05) is 0 Å². The maximum atomic E-state index is 4.32. The molecule has 1 aromatic heterocycles. The van der Waals surface area contributed by atoms with Crippen LogP contribution in [0.3, 0.4) is 0 Å². The van der Waals surface area contributed by atoms with Gasteiger partial charge in [-0.05, 0) is 25.7 Å². The summed E-state index contributed by atoms with van der Waals surface area (Å²) in [6, 6.07) is 1.94. The molecule has 1 aliphatic carbocycles. The molecule has 0 saturated heterocycles. The zero-order valence-corrected chi connectivity index (χ0v) is 8.67. The highest BCUT2D eigenvalue weighted by Gasteiger charge is 2.20. The molecule has 4 nitrogen and oxygen atoms in total. The maximum Gasteiger partial charge on any atom is 0.131 e. The third-order valence-electron chi connectivity index (χ3n) is 2.36. The van der Waals surface area contributed by atoms with Gasteiger partial charge in [0.05, 0.1) is 0 Å². The first kappa shape index (κ1) is 9.24. The fourth-order valence-corrected chi connectivity index (χ4v) is 1.36. The van der Waals surface area contributed by atoms with E-state index in [0.717, 1.165) is 29.9 Å². The minimum atomic E-state index is 0.801. The molecule has 2 N–H and O–H groups in total. The molecule has 76 valence electrons. The number of nitrogens with zero attached hydrogens (tertiary/aromatic N) is 2. The Labute approximate surface area is 84.2 Å². The van der Waals surface area contributed by atoms with Gasteiger partial charge in [0.2, 0.25) is 0 Å². The largest absolute Gasteiger partial charge is 0.373 e. The molecule has 0 amide bonds. The van der Waals surface area contributed by atoms with E-state index in [4.69, 9.17) is 0 Å². The van der Waals surface area contributed by atoms with E-state index in [9.17, 15) is 0 Å². The van der Waals surface area contributed by atoms with Crippen LogP contribution in [0.15, 0.2) is 6.07 Å². The molecule has 14 heavy (non-hydrogen) atoms. The van der Waals surface area contributed by atoms with Crippen LogP contribution in [0.25, 0.3) is 0 Å². The maximum absolute atomic E-state index is 4.32. The molecule has 0 aromatic carbocycles. The molecule has 4 heteroatoms. The zero-order valence-electron chi connectivity index (χ0n) is 8.67. The fourth-order valence-electron chi connectivity index (χ4n) is 1.36. The second-order valence-corrected chi connectivity index (χ2v) is 3.76. The van der Waals surface area contributed by atoms with Gasteiger partial charge in [-0.25, -0.2) is 9.97 Å². The molecule has 0 radical (unpaired) electrons. The highest BCUT2D eigenvalue weighted by atomic mass is 15.1. The predicted molar refractivity (Wildman–Crippen MR) is 57.5 cm³/mol. The van der Waals surface area contributed by atoms with Gasteiger partial charge in [-0.15, -0.1) is 0 Å². The SMILES string of the molecule is CNc1cc(NCC2CC2)nc(C)n1.